The second-order valence-corrected chi connectivity index (χ2v) is 6.86. The van der Waals surface area contributed by atoms with Gasteiger partial charge in [0.15, 0.2) is 0 Å². The lowest BCUT2D eigenvalue weighted by molar-refractivity contribution is 0.221. The fourth-order valence-corrected chi connectivity index (χ4v) is 3.08. The standard InChI is InChI=1S/C16H23NO/c1-15(2,3)12-6-7-14-13(10-12)17-16(11-18-14)8-4-5-9-16/h6-7,10,17H,4-5,8-9,11H2,1-3H3. The van der Waals surface area contributed by atoms with Gasteiger partial charge in [-0.05, 0) is 36.0 Å². The summed E-state index contributed by atoms with van der Waals surface area (Å²) in [6, 6.07) is 6.58. The van der Waals surface area contributed by atoms with Crippen molar-refractivity contribution >= 4 is 5.69 Å². The highest BCUT2D eigenvalue weighted by Gasteiger charge is 2.38. The van der Waals surface area contributed by atoms with Crippen molar-refractivity contribution in [1.29, 1.82) is 0 Å². The largest absolute Gasteiger partial charge is 0.489 e. The van der Waals surface area contributed by atoms with Crippen LogP contribution in [-0.4, -0.2) is 12.1 Å². The number of nitrogens with one attached hydrogen (secondary N) is 1. The molecule has 1 N–H and O–H groups in total. The Hall–Kier alpha value is -1.18. The fraction of sp³-hybridized carbons (Fsp3) is 0.625. The first kappa shape index (κ1) is 11.9. The molecule has 1 aromatic rings. The SMILES string of the molecule is CC(C)(C)c1ccc2c(c1)NC1(CCCC1)CO2. The molecule has 18 heavy (non-hydrogen) atoms. The highest BCUT2D eigenvalue weighted by Crippen LogP contribution is 2.42. The lowest BCUT2D eigenvalue weighted by atomic mass is 9.86. The van der Waals surface area contributed by atoms with Crippen LogP contribution in [-0.2, 0) is 5.41 Å². The van der Waals surface area contributed by atoms with Crippen LogP contribution in [0.15, 0.2) is 18.2 Å². The molecule has 2 heteroatoms. The van der Waals surface area contributed by atoms with E-state index in [1.54, 1.807) is 0 Å². The predicted molar refractivity (Wildman–Crippen MR) is 75.5 cm³/mol. The van der Waals surface area contributed by atoms with E-state index in [2.05, 4.69) is 44.3 Å². The van der Waals surface area contributed by atoms with Crippen LogP contribution in [0.25, 0.3) is 0 Å². The van der Waals surface area contributed by atoms with Crippen LogP contribution in [0, 0.1) is 0 Å². The van der Waals surface area contributed by atoms with Gasteiger partial charge in [0.25, 0.3) is 0 Å². The van der Waals surface area contributed by atoms with E-state index in [-0.39, 0.29) is 11.0 Å². The Morgan fingerprint density at radius 1 is 1.17 bits per heavy atom. The van der Waals surface area contributed by atoms with Gasteiger partial charge in [0.2, 0.25) is 0 Å². The number of hydrogen-bond donors (Lipinski definition) is 1. The molecule has 2 aliphatic rings. The maximum Gasteiger partial charge on any atom is 0.142 e. The van der Waals surface area contributed by atoms with Crippen molar-refractivity contribution < 1.29 is 4.74 Å². The van der Waals surface area contributed by atoms with Crippen LogP contribution >= 0.6 is 0 Å². The van der Waals surface area contributed by atoms with Crippen LogP contribution in [0.1, 0.15) is 52.0 Å². The molecule has 98 valence electrons. The first-order chi connectivity index (χ1) is 8.49. The Labute approximate surface area is 110 Å². The number of hydrogen-bond acceptors (Lipinski definition) is 2. The Kier molecular flexibility index (Phi) is 2.58. The topological polar surface area (TPSA) is 21.3 Å². The molecule has 0 unspecified atom stereocenters. The van der Waals surface area contributed by atoms with Crippen molar-refractivity contribution in [2.75, 3.05) is 11.9 Å². The molecule has 0 atom stereocenters. The molecule has 0 saturated heterocycles. The van der Waals surface area contributed by atoms with Gasteiger partial charge in [-0.1, -0.05) is 39.7 Å². The van der Waals surface area contributed by atoms with Crippen molar-refractivity contribution in [2.24, 2.45) is 0 Å². The molecule has 1 aliphatic heterocycles. The monoisotopic (exact) mass is 245 g/mol. The smallest absolute Gasteiger partial charge is 0.142 e. The Balaban J connectivity index is 1.93. The van der Waals surface area contributed by atoms with Crippen molar-refractivity contribution in [1.82, 2.24) is 0 Å². The molecule has 1 saturated carbocycles. The molecule has 0 aromatic heterocycles. The van der Waals surface area contributed by atoms with Crippen LogP contribution in [0.5, 0.6) is 5.75 Å². The molecule has 1 spiro atoms. The van der Waals surface area contributed by atoms with Crippen LogP contribution in [0.4, 0.5) is 5.69 Å². The number of anilines is 1. The zero-order valence-electron chi connectivity index (χ0n) is 11.7. The third kappa shape index (κ3) is 1.98. The number of rotatable bonds is 0. The molecule has 1 aliphatic carbocycles. The van der Waals surface area contributed by atoms with E-state index in [4.69, 9.17) is 4.74 Å². The summed E-state index contributed by atoms with van der Waals surface area (Å²) in [4.78, 5) is 0. The molecule has 0 bridgehead atoms. The van der Waals surface area contributed by atoms with Crippen LogP contribution < -0.4 is 10.1 Å². The first-order valence-corrected chi connectivity index (χ1v) is 7.04. The highest BCUT2D eigenvalue weighted by molar-refractivity contribution is 5.62. The van der Waals surface area contributed by atoms with Gasteiger partial charge in [-0.25, -0.2) is 0 Å². The second kappa shape index (κ2) is 3.91. The van der Waals surface area contributed by atoms with Gasteiger partial charge in [0.05, 0.1) is 11.2 Å². The number of benzene rings is 1. The van der Waals surface area contributed by atoms with E-state index >= 15 is 0 Å². The average molecular weight is 245 g/mol. The van der Waals surface area contributed by atoms with E-state index in [1.807, 2.05) is 0 Å². The van der Waals surface area contributed by atoms with Crippen molar-refractivity contribution in [2.45, 2.75) is 57.4 Å². The van der Waals surface area contributed by atoms with Gasteiger partial charge in [-0.15, -0.1) is 0 Å². The molecule has 3 rings (SSSR count). The zero-order valence-corrected chi connectivity index (χ0v) is 11.7. The molecule has 0 amide bonds. The van der Waals surface area contributed by atoms with E-state index in [0.717, 1.165) is 12.4 Å². The highest BCUT2D eigenvalue weighted by atomic mass is 16.5. The van der Waals surface area contributed by atoms with Crippen LogP contribution in [0.3, 0.4) is 0 Å². The molecular weight excluding hydrogens is 222 g/mol. The molecular formula is C16H23NO. The van der Waals surface area contributed by atoms with Gasteiger partial charge in [0, 0.05) is 0 Å². The number of ether oxygens (including phenoxy) is 1. The van der Waals surface area contributed by atoms with Gasteiger partial charge in [0.1, 0.15) is 12.4 Å². The van der Waals surface area contributed by atoms with Crippen LogP contribution in [0.2, 0.25) is 0 Å². The summed E-state index contributed by atoms with van der Waals surface area (Å²) >= 11 is 0. The van der Waals surface area contributed by atoms with Gasteiger partial charge < -0.3 is 10.1 Å². The minimum Gasteiger partial charge on any atom is -0.489 e. The minimum atomic E-state index is 0.191. The molecule has 1 aromatic carbocycles. The van der Waals surface area contributed by atoms with Gasteiger partial charge >= 0.3 is 0 Å². The molecule has 2 nitrogen and oxygen atoms in total. The number of fused-ring (bicyclic) bond motifs is 1. The first-order valence-electron chi connectivity index (χ1n) is 7.04. The predicted octanol–water partition coefficient (Wildman–Crippen LogP) is 4.10. The van der Waals surface area contributed by atoms with Gasteiger partial charge in [-0.2, -0.15) is 0 Å². The summed E-state index contributed by atoms with van der Waals surface area (Å²) < 4.78 is 5.97. The van der Waals surface area contributed by atoms with E-state index in [0.29, 0.717) is 0 Å². The Morgan fingerprint density at radius 2 is 1.89 bits per heavy atom. The normalized spacial score (nSPS) is 21.3. The minimum absolute atomic E-state index is 0.191. The third-order valence-electron chi connectivity index (χ3n) is 4.31. The summed E-state index contributed by atoms with van der Waals surface area (Å²) in [5.41, 5.74) is 2.96. The summed E-state index contributed by atoms with van der Waals surface area (Å²) in [5.74, 6) is 1.01. The summed E-state index contributed by atoms with van der Waals surface area (Å²) in [6.07, 6.45) is 5.13. The Morgan fingerprint density at radius 3 is 2.56 bits per heavy atom. The van der Waals surface area contributed by atoms with Gasteiger partial charge in [-0.3, -0.25) is 0 Å². The van der Waals surface area contributed by atoms with E-state index < -0.39 is 0 Å². The van der Waals surface area contributed by atoms with E-state index in [9.17, 15) is 0 Å². The summed E-state index contributed by atoms with van der Waals surface area (Å²) in [6.45, 7) is 7.59. The molecule has 1 fully saturated rings. The second-order valence-electron chi connectivity index (χ2n) is 6.86. The third-order valence-corrected chi connectivity index (χ3v) is 4.31. The molecule has 0 radical (unpaired) electrons. The van der Waals surface area contributed by atoms with Crippen molar-refractivity contribution in [3.8, 4) is 5.75 Å². The van der Waals surface area contributed by atoms with E-state index in [1.165, 1.54) is 36.9 Å². The van der Waals surface area contributed by atoms with Crippen molar-refractivity contribution in [3.63, 3.8) is 0 Å². The van der Waals surface area contributed by atoms with Crippen molar-refractivity contribution in [3.05, 3.63) is 23.8 Å². The Bertz CT molecular complexity index is 453. The maximum atomic E-state index is 5.97. The quantitative estimate of drug-likeness (QED) is 0.743. The molecule has 1 heterocycles. The summed E-state index contributed by atoms with van der Waals surface area (Å²) in [5, 5.41) is 3.76. The lowest BCUT2D eigenvalue weighted by Crippen LogP contribution is -2.44. The average Bonchev–Trinajstić information content (AvgIpc) is 2.75. The summed E-state index contributed by atoms with van der Waals surface area (Å²) in [7, 11) is 0. The maximum absolute atomic E-state index is 5.97. The fourth-order valence-electron chi connectivity index (χ4n) is 3.08. The zero-order chi connectivity index (χ0) is 12.8. The lowest BCUT2D eigenvalue weighted by Gasteiger charge is -2.37.